The Hall–Kier alpha value is 0. The topological polar surface area (TPSA) is 0 Å². The highest BCUT2D eigenvalue weighted by Gasteiger charge is 2.04. The molecule has 0 bridgehead atoms. The Morgan fingerprint density at radius 1 is 0.400 bits per heavy atom. The average Bonchev–Trinajstić information content (AvgIpc) is 2.74. The summed E-state index contributed by atoms with van der Waals surface area (Å²) in [4.78, 5) is 0. The summed E-state index contributed by atoms with van der Waals surface area (Å²) in [6.07, 6.45) is 34.5. The standard InChI is InChI=1S/C30H61/c1-5-7-9-10-11-12-13-14-15-16-18-22-27-30(4)28-24-20-17-19-23-26-29(3)25-21-8-6-2/h29-30H,4-28H2,1-3H3. The maximum absolute atomic E-state index is 4.42. The summed E-state index contributed by atoms with van der Waals surface area (Å²) in [5.74, 6) is 1.67. The quantitative estimate of drug-likeness (QED) is 0.128. The highest BCUT2D eigenvalue weighted by Crippen LogP contribution is 2.20. The van der Waals surface area contributed by atoms with Crippen LogP contribution >= 0.6 is 0 Å². The molecule has 0 aromatic heterocycles. The van der Waals surface area contributed by atoms with E-state index < -0.39 is 0 Å². The summed E-state index contributed by atoms with van der Waals surface area (Å²) in [6.45, 7) is 11.5. The van der Waals surface area contributed by atoms with Crippen LogP contribution in [0.5, 0.6) is 0 Å². The van der Waals surface area contributed by atoms with Gasteiger partial charge in [0.15, 0.2) is 0 Å². The second kappa shape index (κ2) is 25.3. The lowest BCUT2D eigenvalue weighted by atomic mass is 9.94. The van der Waals surface area contributed by atoms with Crippen molar-refractivity contribution in [3.05, 3.63) is 6.92 Å². The normalized spacial score (nSPS) is 13.6. The maximum Gasteiger partial charge on any atom is -0.0414 e. The van der Waals surface area contributed by atoms with E-state index in [0.29, 0.717) is 5.92 Å². The second-order valence-electron chi connectivity index (χ2n) is 10.5. The van der Waals surface area contributed by atoms with Crippen LogP contribution in [0.15, 0.2) is 0 Å². The first kappa shape index (κ1) is 30.0. The molecule has 2 unspecified atom stereocenters. The van der Waals surface area contributed by atoms with Crippen molar-refractivity contribution < 1.29 is 0 Å². The fourth-order valence-electron chi connectivity index (χ4n) is 4.76. The summed E-state index contributed by atoms with van der Waals surface area (Å²) in [5, 5.41) is 0. The number of hydrogen-bond donors (Lipinski definition) is 0. The first-order valence-corrected chi connectivity index (χ1v) is 14.5. The fourth-order valence-corrected chi connectivity index (χ4v) is 4.76. The molecule has 181 valence electrons. The zero-order chi connectivity index (χ0) is 22.1. The lowest BCUT2D eigenvalue weighted by molar-refractivity contribution is 0.429. The molecule has 0 heteroatoms. The molecule has 0 aliphatic rings. The van der Waals surface area contributed by atoms with Crippen LogP contribution in [0.1, 0.15) is 175 Å². The van der Waals surface area contributed by atoms with Gasteiger partial charge in [-0.15, -0.1) is 0 Å². The van der Waals surface area contributed by atoms with Crippen molar-refractivity contribution in [3.8, 4) is 0 Å². The van der Waals surface area contributed by atoms with Crippen LogP contribution in [-0.2, 0) is 0 Å². The minimum absolute atomic E-state index is 0.715. The number of rotatable bonds is 25. The van der Waals surface area contributed by atoms with Gasteiger partial charge in [-0.1, -0.05) is 182 Å². The molecule has 0 nitrogen and oxygen atoms in total. The minimum atomic E-state index is 0.715. The zero-order valence-electron chi connectivity index (χ0n) is 21.8. The molecule has 0 rings (SSSR count). The van der Waals surface area contributed by atoms with Gasteiger partial charge in [0.25, 0.3) is 0 Å². The summed E-state index contributed by atoms with van der Waals surface area (Å²) in [7, 11) is 0. The molecule has 0 amide bonds. The predicted octanol–water partition coefficient (Wildman–Crippen LogP) is 11.5. The molecule has 30 heavy (non-hydrogen) atoms. The van der Waals surface area contributed by atoms with E-state index in [9.17, 15) is 0 Å². The van der Waals surface area contributed by atoms with Crippen molar-refractivity contribution in [2.75, 3.05) is 0 Å². The van der Waals surface area contributed by atoms with Crippen LogP contribution in [-0.4, -0.2) is 0 Å². The Balaban J connectivity index is 3.21. The van der Waals surface area contributed by atoms with Gasteiger partial charge in [-0.3, -0.25) is 0 Å². The smallest absolute Gasteiger partial charge is 0.0414 e. The lowest BCUT2D eigenvalue weighted by Gasteiger charge is -2.12. The minimum Gasteiger partial charge on any atom is -0.0654 e. The van der Waals surface area contributed by atoms with Crippen LogP contribution in [0.3, 0.4) is 0 Å². The van der Waals surface area contributed by atoms with Gasteiger partial charge in [-0.05, 0) is 11.8 Å². The molecular weight excluding hydrogens is 360 g/mol. The molecule has 0 aliphatic carbocycles. The van der Waals surface area contributed by atoms with Crippen LogP contribution in [0.4, 0.5) is 0 Å². The van der Waals surface area contributed by atoms with Gasteiger partial charge < -0.3 is 0 Å². The third kappa shape index (κ3) is 24.3. The largest absolute Gasteiger partial charge is 0.0654 e. The van der Waals surface area contributed by atoms with Gasteiger partial charge in [0.05, 0.1) is 0 Å². The Labute approximate surface area is 193 Å². The summed E-state index contributed by atoms with van der Waals surface area (Å²) >= 11 is 0. The predicted molar refractivity (Wildman–Crippen MR) is 140 cm³/mol. The van der Waals surface area contributed by atoms with Crippen molar-refractivity contribution in [1.82, 2.24) is 0 Å². The first-order chi connectivity index (χ1) is 14.7. The molecule has 0 saturated heterocycles. The van der Waals surface area contributed by atoms with Crippen molar-refractivity contribution in [1.29, 1.82) is 0 Å². The van der Waals surface area contributed by atoms with Crippen molar-refractivity contribution in [3.63, 3.8) is 0 Å². The molecule has 0 spiro atoms. The highest BCUT2D eigenvalue weighted by atomic mass is 14.1. The first-order valence-electron chi connectivity index (χ1n) is 14.5. The summed E-state index contributed by atoms with van der Waals surface area (Å²) in [5.41, 5.74) is 0. The highest BCUT2D eigenvalue weighted by molar-refractivity contribution is 4.62. The summed E-state index contributed by atoms with van der Waals surface area (Å²) in [6, 6.07) is 0. The van der Waals surface area contributed by atoms with E-state index in [4.69, 9.17) is 0 Å². The third-order valence-electron chi connectivity index (χ3n) is 7.08. The SMILES string of the molecule is [CH2]C(CCCCCCCCCCCCCC)CCCCCCCC(C)CCCCC. The van der Waals surface area contributed by atoms with Gasteiger partial charge in [-0.25, -0.2) is 0 Å². The van der Waals surface area contributed by atoms with Gasteiger partial charge in [0.2, 0.25) is 0 Å². The van der Waals surface area contributed by atoms with E-state index in [1.54, 1.807) is 0 Å². The Morgan fingerprint density at radius 3 is 1.07 bits per heavy atom. The van der Waals surface area contributed by atoms with Crippen molar-refractivity contribution in [2.24, 2.45) is 11.8 Å². The lowest BCUT2D eigenvalue weighted by Crippen LogP contribution is -1.96. The number of unbranched alkanes of at least 4 members (excludes halogenated alkanes) is 17. The van der Waals surface area contributed by atoms with Crippen molar-refractivity contribution >= 4 is 0 Å². The molecule has 1 radical (unpaired) electrons. The van der Waals surface area contributed by atoms with Crippen LogP contribution < -0.4 is 0 Å². The molecule has 0 N–H and O–H groups in total. The molecule has 2 atom stereocenters. The average molecular weight is 422 g/mol. The summed E-state index contributed by atoms with van der Waals surface area (Å²) < 4.78 is 0. The zero-order valence-corrected chi connectivity index (χ0v) is 21.8. The third-order valence-corrected chi connectivity index (χ3v) is 7.08. The van der Waals surface area contributed by atoms with Crippen LogP contribution in [0.25, 0.3) is 0 Å². The van der Waals surface area contributed by atoms with Crippen LogP contribution in [0.2, 0.25) is 0 Å². The molecule has 0 aromatic carbocycles. The van der Waals surface area contributed by atoms with Crippen molar-refractivity contribution in [2.45, 2.75) is 175 Å². The van der Waals surface area contributed by atoms with Gasteiger partial charge in [-0.2, -0.15) is 0 Å². The molecule has 0 aromatic rings. The van der Waals surface area contributed by atoms with E-state index in [1.165, 1.54) is 154 Å². The molecule has 0 heterocycles. The van der Waals surface area contributed by atoms with Gasteiger partial charge in [0.1, 0.15) is 0 Å². The molecular formula is C30H61. The monoisotopic (exact) mass is 421 g/mol. The van der Waals surface area contributed by atoms with E-state index in [2.05, 4.69) is 27.7 Å². The Morgan fingerprint density at radius 2 is 0.667 bits per heavy atom. The molecule has 0 aliphatic heterocycles. The molecule has 0 fully saturated rings. The Bertz CT molecular complexity index is 294. The molecule has 0 saturated carbocycles. The van der Waals surface area contributed by atoms with E-state index in [-0.39, 0.29) is 0 Å². The van der Waals surface area contributed by atoms with Crippen LogP contribution in [0, 0.1) is 18.8 Å². The Kier molecular flexibility index (Phi) is 25.3. The number of hydrogen-bond acceptors (Lipinski definition) is 0. The fraction of sp³-hybridized carbons (Fsp3) is 0.967. The maximum atomic E-state index is 4.42. The van der Waals surface area contributed by atoms with Gasteiger partial charge in [0, 0.05) is 0 Å². The van der Waals surface area contributed by atoms with E-state index in [0.717, 1.165) is 5.92 Å². The second-order valence-corrected chi connectivity index (χ2v) is 10.5. The van der Waals surface area contributed by atoms with E-state index >= 15 is 0 Å². The van der Waals surface area contributed by atoms with Gasteiger partial charge >= 0.3 is 0 Å². The van der Waals surface area contributed by atoms with E-state index in [1.807, 2.05) is 0 Å².